The Morgan fingerprint density at radius 2 is 2.00 bits per heavy atom. The summed E-state index contributed by atoms with van der Waals surface area (Å²) in [5.74, 6) is 5.47. The summed E-state index contributed by atoms with van der Waals surface area (Å²) in [7, 11) is 0. The second kappa shape index (κ2) is 5.27. The van der Waals surface area contributed by atoms with Crippen LogP contribution in [0.15, 0.2) is 11.6 Å². The molecule has 0 bridgehead atoms. The number of carbonyl (C=O) groups is 2. The molecule has 9 atom stereocenters. The van der Waals surface area contributed by atoms with Gasteiger partial charge in [-0.05, 0) is 80.1 Å². The molecule has 3 unspecified atom stereocenters. The van der Waals surface area contributed by atoms with Crippen molar-refractivity contribution in [1.29, 1.82) is 0 Å². The van der Waals surface area contributed by atoms with Crippen molar-refractivity contribution >= 4 is 11.8 Å². The van der Waals surface area contributed by atoms with E-state index in [2.05, 4.69) is 13.8 Å². The smallest absolute Gasteiger partial charge is 0.306 e. The number of carbonyl (C=O) groups excluding carboxylic acids is 2. The van der Waals surface area contributed by atoms with Crippen LogP contribution >= 0.6 is 0 Å². The SMILES string of the molecule is CC[C@@H]1CC2=CC(=O)CC[C@@H]2C2CC[C@@]3(C)C(C21)[C@H]1C[C@H]1[C@@]31CCC(=O)O1. The standard InChI is InChI=1S/C24H32O3/c1-3-13-10-14-11-15(25)4-5-16(14)17-6-8-23(2)22(21(13)17)18-12-19(18)24(23)9-7-20(26)27-24/h11,13,16-19,21-22H,3-10,12H2,1-2H3/t13-,16+,17?,18+,19-,21?,22?,23+,24+/m1/s1. The molecule has 0 amide bonds. The molecule has 146 valence electrons. The first-order valence-corrected chi connectivity index (χ1v) is 11.4. The van der Waals surface area contributed by atoms with E-state index < -0.39 is 0 Å². The third-order valence-electron chi connectivity index (χ3n) is 10.1. The first kappa shape index (κ1) is 16.8. The van der Waals surface area contributed by atoms with Crippen LogP contribution in [0, 0.1) is 46.8 Å². The number of hydrogen-bond donors (Lipinski definition) is 0. The number of rotatable bonds is 1. The molecule has 6 rings (SSSR count). The summed E-state index contributed by atoms with van der Waals surface area (Å²) < 4.78 is 6.21. The van der Waals surface area contributed by atoms with Gasteiger partial charge in [0.2, 0.25) is 0 Å². The number of allylic oxidation sites excluding steroid dienone is 1. The lowest BCUT2D eigenvalue weighted by Crippen LogP contribution is -2.56. The van der Waals surface area contributed by atoms with Crippen LogP contribution in [0.1, 0.15) is 71.6 Å². The Hall–Kier alpha value is -1.12. The summed E-state index contributed by atoms with van der Waals surface area (Å²) in [5.41, 5.74) is 1.53. The van der Waals surface area contributed by atoms with Gasteiger partial charge in [-0.2, -0.15) is 0 Å². The van der Waals surface area contributed by atoms with Gasteiger partial charge in [-0.15, -0.1) is 0 Å². The van der Waals surface area contributed by atoms with E-state index in [0.29, 0.717) is 30.0 Å². The highest BCUT2D eigenvalue weighted by molar-refractivity contribution is 5.91. The average Bonchev–Trinajstić information content (AvgIpc) is 3.29. The molecule has 1 spiro atoms. The predicted molar refractivity (Wildman–Crippen MR) is 102 cm³/mol. The van der Waals surface area contributed by atoms with E-state index >= 15 is 0 Å². The Morgan fingerprint density at radius 1 is 1.15 bits per heavy atom. The van der Waals surface area contributed by atoms with Gasteiger partial charge >= 0.3 is 5.97 Å². The van der Waals surface area contributed by atoms with Crippen LogP contribution in [0.25, 0.3) is 0 Å². The summed E-state index contributed by atoms with van der Waals surface area (Å²) >= 11 is 0. The predicted octanol–water partition coefficient (Wildman–Crippen LogP) is 4.70. The third kappa shape index (κ3) is 1.94. The molecule has 27 heavy (non-hydrogen) atoms. The topological polar surface area (TPSA) is 43.4 Å². The fraction of sp³-hybridized carbons (Fsp3) is 0.833. The molecule has 0 aromatic heterocycles. The van der Waals surface area contributed by atoms with E-state index in [1.165, 1.54) is 31.3 Å². The van der Waals surface area contributed by atoms with Gasteiger partial charge in [0.1, 0.15) is 5.60 Å². The van der Waals surface area contributed by atoms with E-state index in [1.807, 2.05) is 6.08 Å². The highest BCUT2D eigenvalue weighted by atomic mass is 16.6. The summed E-state index contributed by atoms with van der Waals surface area (Å²) in [4.78, 5) is 24.2. The molecule has 4 saturated carbocycles. The quantitative estimate of drug-likeness (QED) is 0.630. The van der Waals surface area contributed by atoms with Crippen molar-refractivity contribution < 1.29 is 14.3 Å². The first-order valence-electron chi connectivity index (χ1n) is 11.4. The minimum absolute atomic E-state index is 0.0522. The number of ether oxygens (including phenoxy) is 1. The van der Waals surface area contributed by atoms with Gasteiger partial charge in [0.05, 0.1) is 0 Å². The molecule has 5 fully saturated rings. The van der Waals surface area contributed by atoms with Crippen molar-refractivity contribution in [3.63, 3.8) is 0 Å². The lowest BCUT2D eigenvalue weighted by atomic mass is 9.46. The van der Waals surface area contributed by atoms with Crippen molar-refractivity contribution in [1.82, 2.24) is 0 Å². The molecular weight excluding hydrogens is 336 g/mol. The molecule has 3 heteroatoms. The highest BCUT2D eigenvalue weighted by Crippen LogP contribution is 2.79. The number of esters is 1. The Bertz CT molecular complexity index is 753. The van der Waals surface area contributed by atoms with Gasteiger partial charge in [-0.25, -0.2) is 0 Å². The van der Waals surface area contributed by atoms with Crippen LogP contribution in [0.5, 0.6) is 0 Å². The average molecular weight is 369 g/mol. The van der Waals surface area contributed by atoms with Gasteiger partial charge in [0.25, 0.3) is 0 Å². The molecule has 0 radical (unpaired) electrons. The van der Waals surface area contributed by atoms with Crippen LogP contribution < -0.4 is 0 Å². The van der Waals surface area contributed by atoms with E-state index in [4.69, 9.17) is 4.74 Å². The van der Waals surface area contributed by atoms with Crippen molar-refractivity contribution in [3.05, 3.63) is 11.6 Å². The zero-order valence-electron chi connectivity index (χ0n) is 16.7. The summed E-state index contributed by atoms with van der Waals surface area (Å²) in [6.07, 6.45) is 11.6. The maximum atomic E-state index is 12.1. The highest BCUT2D eigenvalue weighted by Gasteiger charge is 2.79. The van der Waals surface area contributed by atoms with Crippen LogP contribution in [-0.2, 0) is 14.3 Å². The molecular formula is C24H32O3. The van der Waals surface area contributed by atoms with Crippen molar-refractivity contribution in [2.75, 3.05) is 0 Å². The van der Waals surface area contributed by atoms with E-state index in [0.717, 1.165) is 49.4 Å². The number of fused-ring (bicyclic) bond motifs is 9. The lowest BCUT2D eigenvalue weighted by Gasteiger charge is -2.59. The number of ketones is 1. The molecule has 6 aliphatic rings. The van der Waals surface area contributed by atoms with Gasteiger partial charge in [0.15, 0.2) is 5.78 Å². The summed E-state index contributed by atoms with van der Waals surface area (Å²) in [6.45, 7) is 4.84. The van der Waals surface area contributed by atoms with E-state index in [1.54, 1.807) is 0 Å². The first-order chi connectivity index (χ1) is 13.0. The number of hydrogen-bond acceptors (Lipinski definition) is 3. The van der Waals surface area contributed by atoms with Crippen LogP contribution in [0.2, 0.25) is 0 Å². The van der Waals surface area contributed by atoms with Gasteiger partial charge < -0.3 is 4.74 Å². The Morgan fingerprint density at radius 3 is 2.74 bits per heavy atom. The molecule has 0 aromatic rings. The van der Waals surface area contributed by atoms with Gasteiger partial charge in [-0.1, -0.05) is 25.8 Å². The minimum Gasteiger partial charge on any atom is -0.458 e. The monoisotopic (exact) mass is 368 g/mol. The Balaban J connectivity index is 1.41. The van der Waals surface area contributed by atoms with Gasteiger partial charge in [-0.3, -0.25) is 9.59 Å². The normalized spacial score (nSPS) is 55.3. The maximum Gasteiger partial charge on any atom is 0.306 e. The lowest BCUT2D eigenvalue weighted by molar-refractivity contribution is -0.177. The third-order valence-corrected chi connectivity index (χ3v) is 10.1. The molecule has 1 aliphatic heterocycles. The Labute approximate surface area is 162 Å². The molecule has 1 saturated heterocycles. The summed E-state index contributed by atoms with van der Waals surface area (Å²) in [6, 6.07) is 0. The van der Waals surface area contributed by atoms with Crippen molar-refractivity contribution in [2.24, 2.45) is 46.8 Å². The Kier molecular flexibility index (Phi) is 3.28. The second-order valence-electron chi connectivity index (χ2n) is 10.8. The van der Waals surface area contributed by atoms with Gasteiger partial charge in [0, 0.05) is 24.2 Å². The maximum absolute atomic E-state index is 12.1. The van der Waals surface area contributed by atoms with E-state index in [9.17, 15) is 9.59 Å². The van der Waals surface area contributed by atoms with E-state index in [-0.39, 0.29) is 17.0 Å². The molecule has 0 aromatic carbocycles. The largest absolute Gasteiger partial charge is 0.458 e. The second-order valence-corrected chi connectivity index (χ2v) is 10.8. The van der Waals surface area contributed by atoms with Crippen LogP contribution in [0.3, 0.4) is 0 Å². The molecule has 3 nitrogen and oxygen atoms in total. The van der Waals surface area contributed by atoms with Crippen molar-refractivity contribution in [3.8, 4) is 0 Å². The summed E-state index contributed by atoms with van der Waals surface area (Å²) in [5, 5.41) is 0. The molecule has 0 N–H and O–H groups in total. The van der Waals surface area contributed by atoms with Crippen molar-refractivity contribution in [2.45, 2.75) is 77.2 Å². The van der Waals surface area contributed by atoms with Crippen LogP contribution in [0.4, 0.5) is 0 Å². The fourth-order valence-electron chi connectivity index (χ4n) is 9.13. The molecule has 5 aliphatic carbocycles. The minimum atomic E-state index is -0.138. The fourth-order valence-corrected chi connectivity index (χ4v) is 9.13. The van der Waals surface area contributed by atoms with Crippen LogP contribution in [-0.4, -0.2) is 17.4 Å². The molecule has 1 heterocycles. The zero-order chi connectivity index (χ0) is 18.6. The zero-order valence-corrected chi connectivity index (χ0v) is 16.7.